The molecule has 3 rings (SSSR count). The van der Waals surface area contributed by atoms with Crippen LogP contribution in [0.3, 0.4) is 0 Å². The van der Waals surface area contributed by atoms with E-state index in [9.17, 15) is 0 Å². The Hall–Kier alpha value is -2.62. The Bertz CT molecular complexity index is 695. The van der Waals surface area contributed by atoms with E-state index in [1.807, 2.05) is 36.4 Å². The van der Waals surface area contributed by atoms with Crippen LogP contribution in [0.1, 0.15) is 5.56 Å². The summed E-state index contributed by atoms with van der Waals surface area (Å²) in [5, 5.41) is 1.07. The van der Waals surface area contributed by atoms with Crippen LogP contribution in [0.5, 0.6) is 5.75 Å². The Labute approximate surface area is 110 Å². The van der Waals surface area contributed by atoms with Crippen LogP contribution in [-0.2, 0) is 6.61 Å². The maximum absolute atomic E-state index is 5.70. The number of nitrogens with two attached hydrogens (primary N) is 1. The van der Waals surface area contributed by atoms with Gasteiger partial charge >= 0.3 is 0 Å². The molecule has 0 aliphatic heterocycles. The van der Waals surface area contributed by atoms with Crippen molar-refractivity contribution in [2.45, 2.75) is 6.61 Å². The Morgan fingerprint density at radius 1 is 1.00 bits per heavy atom. The smallest absolute Gasteiger partial charge is 0.138 e. The van der Waals surface area contributed by atoms with Gasteiger partial charge in [0.2, 0.25) is 0 Å². The standard InChI is InChI=1S/C15H13N3O/c16-15-6-5-11(8-18-15)10-19-13-7-12-3-1-2-4-14(12)17-9-13/h1-9H,10H2,(H2,16,18). The number of nitrogens with zero attached hydrogens (tertiary/aromatic N) is 2. The SMILES string of the molecule is Nc1ccc(COc2cnc3ccccc3c2)cn1. The molecule has 0 saturated carbocycles. The van der Waals surface area contributed by atoms with Crippen LogP contribution >= 0.6 is 0 Å². The van der Waals surface area contributed by atoms with Gasteiger partial charge in [0, 0.05) is 17.1 Å². The third-order valence-electron chi connectivity index (χ3n) is 2.82. The van der Waals surface area contributed by atoms with Crippen LogP contribution < -0.4 is 10.5 Å². The van der Waals surface area contributed by atoms with E-state index >= 15 is 0 Å². The van der Waals surface area contributed by atoms with Crippen molar-refractivity contribution in [3.63, 3.8) is 0 Å². The van der Waals surface area contributed by atoms with Crippen molar-refractivity contribution in [1.29, 1.82) is 0 Å². The third-order valence-corrected chi connectivity index (χ3v) is 2.82. The summed E-state index contributed by atoms with van der Waals surface area (Å²) < 4.78 is 5.70. The first kappa shape index (κ1) is 11.5. The van der Waals surface area contributed by atoms with Crippen molar-refractivity contribution in [1.82, 2.24) is 9.97 Å². The third kappa shape index (κ3) is 2.63. The second-order valence-electron chi connectivity index (χ2n) is 4.24. The van der Waals surface area contributed by atoms with E-state index in [0.717, 1.165) is 22.2 Å². The van der Waals surface area contributed by atoms with Crippen LogP contribution in [0, 0.1) is 0 Å². The highest BCUT2D eigenvalue weighted by atomic mass is 16.5. The molecule has 0 fully saturated rings. The molecule has 94 valence electrons. The number of benzene rings is 1. The first-order chi connectivity index (χ1) is 9.31. The van der Waals surface area contributed by atoms with Gasteiger partial charge in [0.05, 0.1) is 11.7 Å². The van der Waals surface area contributed by atoms with E-state index in [4.69, 9.17) is 10.5 Å². The van der Waals surface area contributed by atoms with Gasteiger partial charge in [-0.15, -0.1) is 0 Å². The molecular weight excluding hydrogens is 238 g/mol. The Kier molecular flexibility index (Phi) is 2.98. The summed E-state index contributed by atoms with van der Waals surface area (Å²) >= 11 is 0. The zero-order valence-corrected chi connectivity index (χ0v) is 10.3. The van der Waals surface area contributed by atoms with Gasteiger partial charge in [-0.2, -0.15) is 0 Å². The number of ether oxygens (including phenoxy) is 1. The molecule has 0 aliphatic carbocycles. The topological polar surface area (TPSA) is 61.0 Å². The minimum absolute atomic E-state index is 0.452. The predicted molar refractivity (Wildman–Crippen MR) is 74.7 cm³/mol. The largest absolute Gasteiger partial charge is 0.487 e. The molecule has 0 saturated heterocycles. The lowest BCUT2D eigenvalue weighted by molar-refractivity contribution is 0.305. The monoisotopic (exact) mass is 251 g/mol. The van der Waals surface area contributed by atoms with Crippen LogP contribution in [0.2, 0.25) is 0 Å². The minimum Gasteiger partial charge on any atom is -0.487 e. The van der Waals surface area contributed by atoms with Gasteiger partial charge in [0.25, 0.3) is 0 Å². The molecule has 0 atom stereocenters. The zero-order chi connectivity index (χ0) is 13.1. The number of fused-ring (bicyclic) bond motifs is 1. The van der Waals surface area contributed by atoms with Crippen LogP contribution in [-0.4, -0.2) is 9.97 Å². The van der Waals surface area contributed by atoms with Crippen molar-refractivity contribution in [2.75, 3.05) is 5.73 Å². The molecule has 0 unspecified atom stereocenters. The fourth-order valence-electron chi connectivity index (χ4n) is 1.82. The van der Waals surface area contributed by atoms with Gasteiger partial charge in [-0.3, -0.25) is 4.98 Å². The molecule has 4 nitrogen and oxygen atoms in total. The Morgan fingerprint density at radius 2 is 1.89 bits per heavy atom. The number of aromatic nitrogens is 2. The molecule has 1 aromatic carbocycles. The van der Waals surface area contributed by atoms with E-state index in [2.05, 4.69) is 9.97 Å². The summed E-state index contributed by atoms with van der Waals surface area (Å²) in [6.45, 7) is 0.452. The van der Waals surface area contributed by atoms with Gasteiger partial charge in [-0.1, -0.05) is 24.3 Å². The fourth-order valence-corrected chi connectivity index (χ4v) is 1.82. The average molecular weight is 251 g/mol. The maximum atomic E-state index is 5.70. The zero-order valence-electron chi connectivity index (χ0n) is 10.3. The van der Waals surface area contributed by atoms with Crippen molar-refractivity contribution >= 4 is 16.7 Å². The number of nitrogen functional groups attached to an aromatic ring is 1. The van der Waals surface area contributed by atoms with Gasteiger partial charge in [-0.25, -0.2) is 4.98 Å². The normalized spacial score (nSPS) is 10.5. The lowest BCUT2D eigenvalue weighted by Gasteiger charge is -2.06. The molecule has 2 N–H and O–H groups in total. The van der Waals surface area contributed by atoms with Gasteiger partial charge in [-0.05, 0) is 18.2 Å². The van der Waals surface area contributed by atoms with Crippen molar-refractivity contribution in [2.24, 2.45) is 0 Å². The molecule has 0 spiro atoms. The maximum Gasteiger partial charge on any atom is 0.138 e. The molecule has 2 heterocycles. The molecule has 0 radical (unpaired) electrons. The molecule has 0 aliphatic rings. The van der Waals surface area contributed by atoms with E-state index in [1.54, 1.807) is 18.5 Å². The highest BCUT2D eigenvalue weighted by Gasteiger charge is 1.99. The number of rotatable bonds is 3. The predicted octanol–water partition coefficient (Wildman–Crippen LogP) is 2.79. The van der Waals surface area contributed by atoms with Crippen LogP contribution in [0.4, 0.5) is 5.82 Å². The molecule has 3 aromatic rings. The van der Waals surface area contributed by atoms with Gasteiger partial charge in [0.15, 0.2) is 0 Å². The second-order valence-corrected chi connectivity index (χ2v) is 4.24. The quantitative estimate of drug-likeness (QED) is 0.777. The number of hydrogen-bond acceptors (Lipinski definition) is 4. The summed E-state index contributed by atoms with van der Waals surface area (Å²) in [7, 11) is 0. The number of para-hydroxylation sites is 1. The summed E-state index contributed by atoms with van der Waals surface area (Å²) in [6.07, 6.45) is 3.44. The number of anilines is 1. The molecular formula is C15H13N3O. The number of hydrogen-bond donors (Lipinski definition) is 1. The first-order valence-electron chi connectivity index (χ1n) is 5.99. The highest BCUT2D eigenvalue weighted by Crippen LogP contribution is 2.18. The van der Waals surface area contributed by atoms with E-state index < -0.39 is 0 Å². The molecule has 0 amide bonds. The lowest BCUT2D eigenvalue weighted by atomic mass is 10.2. The lowest BCUT2D eigenvalue weighted by Crippen LogP contribution is -1.98. The van der Waals surface area contributed by atoms with Crippen molar-refractivity contribution < 1.29 is 4.74 Å². The summed E-state index contributed by atoms with van der Waals surface area (Å²) in [5.41, 5.74) is 7.47. The van der Waals surface area contributed by atoms with Crippen molar-refractivity contribution in [3.05, 3.63) is 60.4 Å². The molecule has 4 heteroatoms. The minimum atomic E-state index is 0.452. The Balaban J connectivity index is 1.76. The Morgan fingerprint density at radius 3 is 2.74 bits per heavy atom. The van der Waals surface area contributed by atoms with Crippen LogP contribution in [0.25, 0.3) is 10.9 Å². The van der Waals surface area contributed by atoms with E-state index in [-0.39, 0.29) is 0 Å². The fraction of sp³-hybridized carbons (Fsp3) is 0.0667. The van der Waals surface area contributed by atoms with Crippen molar-refractivity contribution in [3.8, 4) is 5.75 Å². The first-order valence-corrected chi connectivity index (χ1v) is 5.99. The number of pyridine rings is 2. The average Bonchev–Trinajstić information content (AvgIpc) is 2.46. The summed E-state index contributed by atoms with van der Waals surface area (Å²) in [5.74, 6) is 1.26. The van der Waals surface area contributed by atoms with E-state index in [0.29, 0.717) is 12.4 Å². The van der Waals surface area contributed by atoms with Gasteiger partial charge in [0.1, 0.15) is 18.2 Å². The highest BCUT2D eigenvalue weighted by molar-refractivity contribution is 5.79. The second kappa shape index (κ2) is 4.94. The van der Waals surface area contributed by atoms with Crippen LogP contribution in [0.15, 0.2) is 54.9 Å². The summed E-state index contributed by atoms with van der Waals surface area (Å²) in [6, 6.07) is 13.6. The molecule has 2 aromatic heterocycles. The van der Waals surface area contributed by atoms with Gasteiger partial charge < -0.3 is 10.5 Å². The van der Waals surface area contributed by atoms with E-state index in [1.165, 1.54) is 0 Å². The molecule has 0 bridgehead atoms. The molecule has 19 heavy (non-hydrogen) atoms. The summed E-state index contributed by atoms with van der Waals surface area (Å²) in [4.78, 5) is 8.37.